The number of hydrogen-bond acceptors (Lipinski definition) is 2. The molecule has 1 aliphatic rings. The molecule has 0 aromatic carbocycles. The summed E-state index contributed by atoms with van der Waals surface area (Å²) in [7, 11) is 0. The van der Waals surface area contributed by atoms with Crippen LogP contribution in [0.1, 0.15) is 44.9 Å². The van der Waals surface area contributed by atoms with Crippen LogP contribution >= 0.6 is 0 Å². The van der Waals surface area contributed by atoms with Crippen molar-refractivity contribution in [3.63, 3.8) is 0 Å². The molecule has 2 N–H and O–H groups in total. The van der Waals surface area contributed by atoms with Crippen LogP contribution < -0.4 is 0 Å². The Balaban J connectivity index is 2.85. The lowest BCUT2D eigenvalue weighted by molar-refractivity contribution is -0.139. The highest BCUT2D eigenvalue weighted by Gasteiger charge is 2.18. The molecule has 0 unspecified atom stereocenters. The van der Waals surface area contributed by atoms with Crippen LogP contribution in [0.15, 0.2) is 11.1 Å². The van der Waals surface area contributed by atoms with E-state index in [-0.39, 0.29) is 12.0 Å². The molecule has 84 valence electrons. The second kappa shape index (κ2) is 5.53. The van der Waals surface area contributed by atoms with Gasteiger partial charge < -0.3 is 10.2 Å². The summed E-state index contributed by atoms with van der Waals surface area (Å²) in [4.78, 5) is 21.5. The Morgan fingerprint density at radius 1 is 1.00 bits per heavy atom. The highest BCUT2D eigenvalue weighted by atomic mass is 16.4. The molecule has 0 heterocycles. The van der Waals surface area contributed by atoms with E-state index in [0.717, 1.165) is 44.1 Å². The lowest BCUT2D eigenvalue weighted by Crippen LogP contribution is -2.10. The van der Waals surface area contributed by atoms with Crippen LogP contribution in [0.5, 0.6) is 0 Å². The van der Waals surface area contributed by atoms with Crippen molar-refractivity contribution in [1.29, 1.82) is 0 Å². The van der Waals surface area contributed by atoms with E-state index < -0.39 is 11.9 Å². The molecule has 0 amide bonds. The fourth-order valence-electron chi connectivity index (χ4n) is 1.96. The van der Waals surface area contributed by atoms with Gasteiger partial charge in [-0.05, 0) is 25.7 Å². The zero-order chi connectivity index (χ0) is 11.3. The Kier molecular flexibility index (Phi) is 4.34. The first kappa shape index (κ1) is 11.8. The monoisotopic (exact) mass is 212 g/mol. The predicted octanol–water partition coefficient (Wildman–Crippen LogP) is 2.20. The molecule has 0 aliphatic heterocycles. The van der Waals surface area contributed by atoms with Gasteiger partial charge in [-0.3, -0.25) is 4.79 Å². The molecule has 0 saturated heterocycles. The molecule has 1 fully saturated rings. The first-order chi connectivity index (χ1) is 7.11. The maximum Gasteiger partial charge on any atom is 0.332 e. The van der Waals surface area contributed by atoms with Gasteiger partial charge >= 0.3 is 11.9 Å². The van der Waals surface area contributed by atoms with Crippen molar-refractivity contribution in [1.82, 2.24) is 0 Å². The van der Waals surface area contributed by atoms with Crippen LogP contribution in [0.25, 0.3) is 0 Å². The van der Waals surface area contributed by atoms with Gasteiger partial charge in [0.15, 0.2) is 0 Å². The summed E-state index contributed by atoms with van der Waals surface area (Å²) < 4.78 is 0. The summed E-state index contributed by atoms with van der Waals surface area (Å²) in [5, 5.41) is 17.6. The number of hydrogen-bond donors (Lipinski definition) is 2. The van der Waals surface area contributed by atoms with E-state index in [4.69, 9.17) is 10.2 Å². The normalized spacial score (nSPS) is 16.9. The highest BCUT2D eigenvalue weighted by molar-refractivity contribution is 5.92. The van der Waals surface area contributed by atoms with Crippen molar-refractivity contribution in [2.45, 2.75) is 44.9 Å². The predicted molar refractivity (Wildman–Crippen MR) is 54.6 cm³/mol. The Morgan fingerprint density at radius 3 is 1.93 bits per heavy atom. The maximum absolute atomic E-state index is 10.9. The zero-order valence-corrected chi connectivity index (χ0v) is 8.66. The van der Waals surface area contributed by atoms with Gasteiger partial charge in [0.1, 0.15) is 0 Å². The molecule has 0 radical (unpaired) electrons. The van der Waals surface area contributed by atoms with Gasteiger partial charge in [0.2, 0.25) is 0 Å². The fraction of sp³-hybridized carbons (Fsp3) is 0.636. The van der Waals surface area contributed by atoms with E-state index in [1.54, 1.807) is 0 Å². The van der Waals surface area contributed by atoms with Crippen LogP contribution in [-0.2, 0) is 9.59 Å². The van der Waals surface area contributed by atoms with E-state index in [1.807, 2.05) is 0 Å². The number of allylic oxidation sites excluding steroid dienone is 1. The number of carboxylic acid groups (broad SMARTS) is 2. The topological polar surface area (TPSA) is 74.6 Å². The van der Waals surface area contributed by atoms with Gasteiger partial charge in [-0.1, -0.05) is 18.4 Å². The van der Waals surface area contributed by atoms with Crippen LogP contribution in [0.2, 0.25) is 0 Å². The third-order valence-corrected chi connectivity index (χ3v) is 2.72. The molecule has 4 nitrogen and oxygen atoms in total. The molecular weight excluding hydrogens is 196 g/mol. The van der Waals surface area contributed by atoms with E-state index in [1.165, 1.54) is 0 Å². The Labute approximate surface area is 88.6 Å². The summed E-state index contributed by atoms with van der Waals surface area (Å²) >= 11 is 0. The van der Waals surface area contributed by atoms with E-state index in [0.29, 0.717) is 0 Å². The molecule has 15 heavy (non-hydrogen) atoms. The minimum atomic E-state index is -1.07. The number of carbonyl (C=O) groups is 2. The minimum Gasteiger partial charge on any atom is -0.481 e. The zero-order valence-electron chi connectivity index (χ0n) is 8.66. The number of aliphatic carboxylic acids is 2. The van der Waals surface area contributed by atoms with Crippen LogP contribution in [0.4, 0.5) is 0 Å². The van der Waals surface area contributed by atoms with Crippen molar-refractivity contribution in [2.75, 3.05) is 0 Å². The molecule has 0 atom stereocenters. The first-order valence-corrected chi connectivity index (χ1v) is 5.27. The number of rotatable bonds is 3. The lowest BCUT2D eigenvalue weighted by atomic mass is 9.98. The number of carboxylic acids is 2. The van der Waals surface area contributed by atoms with Crippen molar-refractivity contribution in [3.05, 3.63) is 11.1 Å². The van der Waals surface area contributed by atoms with Gasteiger partial charge in [-0.2, -0.15) is 0 Å². The average Bonchev–Trinajstić information content (AvgIpc) is 2.41. The molecule has 1 aliphatic carbocycles. The molecule has 0 aromatic heterocycles. The summed E-state index contributed by atoms with van der Waals surface area (Å²) in [6, 6.07) is 0. The Hall–Kier alpha value is -1.32. The smallest absolute Gasteiger partial charge is 0.332 e. The SMILES string of the molecule is O=C(O)CC(C(=O)O)=C1CCCCCC1. The summed E-state index contributed by atoms with van der Waals surface area (Å²) in [5.74, 6) is -2.14. The van der Waals surface area contributed by atoms with Crippen molar-refractivity contribution < 1.29 is 19.8 Å². The lowest BCUT2D eigenvalue weighted by Gasteiger charge is -2.07. The van der Waals surface area contributed by atoms with Gasteiger partial charge in [-0.25, -0.2) is 4.79 Å². The third-order valence-electron chi connectivity index (χ3n) is 2.72. The Bertz CT molecular complexity index is 281. The fourth-order valence-corrected chi connectivity index (χ4v) is 1.96. The first-order valence-electron chi connectivity index (χ1n) is 5.27. The highest BCUT2D eigenvalue weighted by Crippen LogP contribution is 2.26. The maximum atomic E-state index is 10.9. The van der Waals surface area contributed by atoms with E-state index in [9.17, 15) is 9.59 Å². The van der Waals surface area contributed by atoms with Crippen LogP contribution in [0.3, 0.4) is 0 Å². The van der Waals surface area contributed by atoms with Crippen molar-refractivity contribution in [3.8, 4) is 0 Å². The minimum absolute atomic E-state index is 0.101. The summed E-state index contributed by atoms with van der Waals surface area (Å²) in [5.41, 5.74) is 0.937. The van der Waals surface area contributed by atoms with Gasteiger partial charge in [0, 0.05) is 5.57 Å². The van der Waals surface area contributed by atoms with Gasteiger partial charge in [0.05, 0.1) is 6.42 Å². The van der Waals surface area contributed by atoms with Crippen molar-refractivity contribution >= 4 is 11.9 Å². The summed E-state index contributed by atoms with van der Waals surface area (Å²) in [6.07, 6.45) is 5.32. The quantitative estimate of drug-likeness (QED) is 0.555. The van der Waals surface area contributed by atoms with Crippen LogP contribution in [-0.4, -0.2) is 22.2 Å². The van der Waals surface area contributed by atoms with Crippen molar-refractivity contribution in [2.24, 2.45) is 0 Å². The molecule has 1 rings (SSSR count). The standard InChI is InChI=1S/C11H16O4/c12-10(13)7-9(11(14)15)8-5-3-1-2-4-6-8/h1-7H2,(H,12,13)(H,14,15). The second-order valence-electron chi connectivity index (χ2n) is 3.87. The second-order valence-corrected chi connectivity index (χ2v) is 3.87. The molecule has 0 spiro atoms. The molecular formula is C11H16O4. The van der Waals surface area contributed by atoms with E-state index >= 15 is 0 Å². The van der Waals surface area contributed by atoms with E-state index in [2.05, 4.69) is 0 Å². The molecule has 0 aromatic rings. The van der Waals surface area contributed by atoms with Gasteiger partial charge in [-0.15, -0.1) is 0 Å². The molecule has 1 saturated carbocycles. The van der Waals surface area contributed by atoms with Gasteiger partial charge in [0.25, 0.3) is 0 Å². The summed E-state index contributed by atoms with van der Waals surface area (Å²) in [6.45, 7) is 0. The molecule has 4 heteroatoms. The molecule has 0 bridgehead atoms. The largest absolute Gasteiger partial charge is 0.481 e. The average molecular weight is 212 g/mol. The third kappa shape index (κ3) is 3.73. The Morgan fingerprint density at radius 2 is 1.53 bits per heavy atom. The van der Waals surface area contributed by atoms with Crippen LogP contribution in [0, 0.1) is 0 Å².